The van der Waals surface area contributed by atoms with Crippen LogP contribution < -0.4 is 10.6 Å². The van der Waals surface area contributed by atoms with E-state index in [1.165, 1.54) is 11.3 Å². The first-order valence-electron chi connectivity index (χ1n) is 6.59. The summed E-state index contributed by atoms with van der Waals surface area (Å²) in [5, 5.41) is 0. The normalized spacial score (nSPS) is 20.2. The van der Waals surface area contributed by atoms with Crippen LogP contribution in [0.1, 0.15) is 18.9 Å². The number of rotatable bonds is 4. The molecule has 0 radical (unpaired) electrons. The molecule has 1 unspecified atom stereocenters. The Balaban J connectivity index is 2.22. The van der Waals surface area contributed by atoms with Crippen LogP contribution in [0.5, 0.6) is 0 Å². The van der Waals surface area contributed by atoms with Crippen molar-refractivity contribution >= 4 is 21.6 Å². The van der Waals surface area contributed by atoms with Crippen molar-refractivity contribution in [1.29, 1.82) is 0 Å². The lowest BCUT2D eigenvalue weighted by Crippen LogP contribution is -2.42. The summed E-state index contributed by atoms with van der Waals surface area (Å²) in [6.07, 6.45) is 2.34. The summed E-state index contributed by atoms with van der Waals surface area (Å²) in [5.41, 5.74) is 8.33. The molecule has 18 heavy (non-hydrogen) atoms. The van der Waals surface area contributed by atoms with Crippen LogP contribution in [0.4, 0.5) is 5.69 Å². The third-order valence-corrected chi connectivity index (χ3v) is 3.89. The Kier molecular flexibility index (Phi) is 5.03. The molecule has 0 saturated carbocycles. The largest absolute Gasteiger partial charge is 0.375 e. The van der Waals surface area contributed by atoms with E-state index in [1.54, 1.807) is 0 Å². The summed E-state index contributed by atoms with van der Waals surface area (Å²) in [6.45, 7) is 5.62. The van der Waals surface area contributed by atoms with Crippen LogP contribution in [-0.4, -0.2) is 32.3 Å². The van der Waals surface area contributed by atoms with E-state index in [9.17, 15) is 0 Å². The van der Waals surface area contributed by atoms with Gasteiger partial charge in [0.25, 0.3) is 0 Å². The molecule has 1 aromatic rings. The Morgan fingerprint density at radius 3 is 3.06 bits per heavy atom. The highest BCUT2D eigenvalue weighted by molar-refractivity contribution is 9.10. The Labute approximate surface area is 117 Å². The fraction of sp³-hybridized carbons (Fsp3) is 0.571. The summed E-state index contributed by atoms with van der Waals surface area (Å²) in [5.74, 6) is 0. The maximum Gasteiger partial charge on any atom is 0.0748 e. The molecule has 1 aliphatic heterocycles. The minimum absolute atomic E-state index is 0.350. The molecule has 2 N–H and O–H groups in total. The lowest BCUT2D eigenvalue weighted by Gasteiger charge is -2.35. The molecular formula is C14H21BrN2O. The average Bonchev–Trinajstić information content (AvgIpc) is 2.41. The number of anilines is 1. The zero-order valence-corrected chi connectivity index (χ0v) is 12.4. The van der Waals surface area contributed by atoms with Crippen LogP contribution in [-0.2, 0) is 11.2 Å². The number of hydrogen-bond acceptors (Lipinski definition) is 3. The molecule has 1 heterocycles. The van der Waals surface area contributed by atoms with Gasteiger partial charge >= 0.3 is 0 Å². The first-order valence-corrected chi connectivity index (χ1v) is 7.39. The molecule has 1 fully saturated rings. The van der Waals surface area contributed by atoms with Gasteiger partial charge in [0.1, 0.15) is 0 Å². The molecule has 2 rings (SSSR count). The molecule has 100 valence electrons. The van der Waals surface area contributed by atoms with E-state index in [-0.39, 0.29) is 0 Å². The van der Waals surface area contributed by atoms with Gasteiger partial charge < -0.3 is 15.4 Å². The number of hydrogen-bond donors (Lipinski definition) is 1. The minimum atomic E-state index is 0.350. The number of benzene rings is 1. The van der Waals surface area contributed by atoms with Gasteiger partial charge in [-0.1, -0.05) is 28.9 Å². The SMILES string of the molecule is CCC1CN(c2cc(Br)ccc2CCN)CCO1. The van der Waals surface area contributed by atoms with Gasteiger partial charge in [-0.3, -0.25) is 0 Å². The van der Waals surface area contributed by atoms with Crippen LogP contribution >= 0.6 is 15.9 Å². The van der Waals surface area contributed by atoms with Crippen molar-refractivity contribution < 1.29 is 4.74 Å². The van der Waals surface area contributed by atoms with Crippen LogP contribution in [0.15, 0.2) is 22.7 Å². The topological polar surface area (TPSA) is 38.5 Å². The Hall–Kier alpha value is -0.580. The Bertz CT molecular complexity index is 397. The van der Waals surface area contributed by atoms with Gasteiger partial charge in [0.15, 0.2) is 0 Å². The van der Waals surface area contributed by atoms with Crippen molar-refractivity contribution in [3.63, 3.8) is 0 Å². The summed E-state index contributed by atoms with van der Waals surface area (Å²) < 4.78 is 6.85. The molecule has 4 heteroatoms. The van der Waals surface area contributed by atoms with E-state index < -0.39 is 0 Å². The maximum atomic E-state index is 5.73. The lowest BCUT2D eigenvalue weighted by molar-refractivity contribution is 0.0384. The quantitative estimate of drug-likeness (QED) is 0.928. The van der Waals surface area contributed by atoms with E-state index in [0.29, 0.717) is 12.6 Å². The molecule has 0 aromatic heterocycles. The molecule has 0 spiro atoms. The number of nitrogens with zero attached hydrogens (tertiary/aromatic N) is 1. The van der Waals surface area contributed by atoms with Gasteiger partial charge in [-0.15, -0.1) is 0 Å². The van der Waals surface area contributed by atoms with E-state index in [2.05, 4.69) is 46.0 Å². The van der Waals surface area contributed by atoms with Crippen LogP contribution in [0.3, 0.4) is 0 Å². The van der Waals surface area contributed by atoms with Gasteiger partial charge in [-0.25, -0.2) is 0 Å². The highest BCUT2D eigenvalue weighted by Gasteiger charge is 2.21. The van der Waals surface area contributed by atoms with Crippen molar-refractivity contribution in [3.05, 3.63) is 28.2 Å². The van der Waals surface area contributed by atoms with Gasteiger partial charge in [-0.05, 0) is 37.1 Å². The Morgan fingerprint density at radius 1 is 1.50 bits per heavy atom. The second kappa shape index (κ2) is 6.55. The van der Waals surface area contributed by atoms with Crippen LogP contribution in [0.2, 0.25) is 0 Å². The average molecular weight is 313 g/mol. The second-order valence-corrected chi connectivity index (χ2v) is 5.57. The molecule has 0 aliphatic carbocycles. The molecule has 1 aromatic carbocycles. The van der Waals surface area contributed by atoms with E-state index in [1.807, 2.05) is 0 Å². The van der Waals surface area contributed by atoms with E-state index >= 15 is 0 Å². The van der Waals surface area contributed by atoms with Gasteiger partial charge in [0.05, 0.1) is 12.7 Å². The molecule has 3 nitrogen and oxygen atoms in total. The molecule has 0 amide bonds. The predicted molar refractivity (Wildman–Crippen MR) is 79.1 cm³/mol. The first-order chi connectivity index (χ1) is 8.74. The molecular weight excluding hydrogens is 292 g/mol. The summed E-state index contributed by atoms with van der Waals surface area (Å²) in [7, 11) is 0. The van der Waals surface area contributed by atoms with Crippen LogP contribution in [0, 0.1) is 0 Å². The predicted octanol–water partition coefficient (Wildman–Crippen LogP) is 2.57. The standard InChI is InChI=1S/C14H21BrN2O/c1-2-13-10-17(7-8-18-13)14-9-12(15)4-3-11(14)5-6-16/h3-4,9,13H,2,5-8,10,16H2,1H3. The highest BCUT2D eigenvalue weighted by Crippen LogP contribution is 2.27. The van der Waals surface area contributed by atoms with Crippen molar-refractivity contribution in [2.24, 2.45) is 5.73 Å². The summed E-state index contributed by atoms with van der Waals surface area (Å²) in [4.78, 5) is 2.42. The van der Waals surface area contributed by atoms with Gasteiger partial charge in [0, 0.05) is 23.2 Å². The lowest BCUT2D eigenvalue weighted by atomic mass is 10.1. The monoisotopic (exact) mass is 312 g/mol. The zero-order chi connectivity index (χ0) is 13.0. The maximum absolute atomic E-state index is 5.73. The van der Waals surface area contributed by atoms with Crippen LogP contribution in [0.25, 0.3) is 0 Å². The van der Waals surface area contributed by atoms with Crippen molar-refractivity contribution in [2.75, 3.05) is 31.1 Å². The minimum Gasteiger partial charge on any atom is -0.375 e. The first kappa shape index (κ1) is 13.8. The van der Waals surface area contributed by atoms with E-state index in [0.717, 1.165) is 37.0 Å². The fourth-order valence-corrected chi connectivity index (χ4v) is 2.73. The molecule has 0 bridgehead atoms. The van der Waals surface area contributed by atoms with Crippen molar-refractivity contribution in [1.82, 2.24) is 0 Å². The Morgan fingerprint density at radius 2 is 2.33 bits per heavy atom. The zero-order valence-electron chi connectivity index (χ0n) is 10.9. The van der Waals surface area contributed by atoms with Gasteiger partial charge in [-0.2, -0.15) is 0 Å². The fourth-order valence-electron chi connectivity index (χ4n) is 2.38. The summed E-state index contributed by atoms with van der Waals surface area (Å²) in [6, 6.07) is 6.46. The summed E-state index contributed by atoms with van der Waals surface area (Å²) >= 11 is 3.56. The van der Waals surface area contributed by atoms with Gasteiger partial charge in [0.2, 0.25) is 0 Å². The number of halogens is 1. The third kappa shape index (κ3) is 3.25. The van der Waals surface area contributed by atoms with Crippen molar-refractivity contribution in [3.8, 4) is 0 Å². The third-order valence-electron chi connectivity index (χ3n) is 3.40. The molecule has 1 saturated heterocycles. The smallest absolute Gasteiger partial charge is 0.0748 e. The number of ether oxygens (including phenoxy) is 1. The molecule has 1 aliphatic rings. The van der Waals surface area contributed by atoms with E-state index in [4.69, 9.17) is 10.5 Å². The number of nitrogens with two attached hydrogens (primary N) is 1. The van der Waals surface area contributed by atoms with Crippen molar-refractivity contribution in [2.45, 2.75) is 25.9 Å². The highest BCUT2D eigenvalue weighted by atomic mass is 79.9. The molecule has 1 atom stereocenters. The number of morpholine rings is 1. The second-order valence-electron chi connectivity index (χ2n) is 4.66.